The zero-order valence-electron chi connectivity index (χ0n) is 17.9. The van der Waals surface area contributed by atoms with Crippen LogP contribution in [0.2, 0.25) is 10.0 Å². The van der Waals surface area contributed by atoms with E-state index in [0.717, 1.165) is 6.07 Å². The Balaban J connectivity index is 1.94. The summed E-state index contributed by atoms with van der Waals surface area (Å²) in [5.41, 5.74) is -4.25. The fourth-order valence-corrected chi connectivity index (χ4v) is 3.35. The fourth-order valence-electron chi connectivity index (χ4n) is 3.02. The van der Waals surface area contributed by atoms with Crippen molar-refractivity contribution < 1.29 is 40.7 Å². The molecule has 0 spiro atoms. The van der Waals surface area contributed by atoms with Crippen LogP contribution in [0, 0.1) is 0 Å². The maximum Gasteiger partial charge on any atom is 0.416 e. The van der Waals surface area contributed by atoms with E-state index >= 15 is 0 Å². The van der Waals surface area contributed by atoms with Gasteiger partial charge in [-0.15, -0.1) is 0 Å². The molecule has 0 bridgehead atoms. The van der Waals surface area contributed by atoms with Gasteiger partial charge in [-0.25, -0.2) is 0 Å². The number of carbonyl (C=O) groups excluding carboxylic acids is 2. The molecular formula is C23H14Cl2F6N2O3. The SMILES string of the molecule is COc1ccc(C(=O)Nc2cc(Cl)ccc2Cl)cc1NC(=O)c1cc(C(F)(F)F)cc(C(F)(F)F)c1. The van der Waals surface area contributed by atoms with E-state index in [4.69, 9.17) is 27.9 Å². The molecule has 13 heteroatoms. The van der Waals surface area contributed by atoms with E-state index in [2.05, 4.69) is 10.6 Å². The van der Waals surface area contributed by atoms with Gasteiger partial charge in [0.2, 0.25) is 0 Å². The maximum absolute atomic E-state index is 13.1. The third-order valence-electron chi connectivity index (χ3n) is 4.74. The van der Waals surface area contributed by atoms with Crippen molar-refractivity contribution in [1.82, 2.24) is 0 Å². The highest BCUT2D eigenvalue weighted by Gasteiger charge is 2.37. The topological polar surface area (TPSA) is 67.4 Å². The predicted molar refractivity (Wildman–Crippen MR) is 122 cm³/mol. The molecule has 0 heterocycles. The lowest BCUT2D eigenvalue weighted by Crippen LogP contribution is -2.18. The second kappa shape index (κ2) is 10.3. The zero-order valence-corrected chi connectivity index (χ0v) is 19.5. The summed E-state index contributed by atoms with van der Waals surface area (Å²) in [6.07, 6.45) is -10.3. The van der Waals surface area contributed by atoms with Gasteiger partial charge in [-0.05, 0) is 54.6 Å². The minimum atomic E-state index is -5.13. The number of rotatable bonds is 5. The van der Waals surface area contributed by atoms with Gasteiger partial charge in [-0.1, -0.05) is 23.2 Å². The van der Waals surface area contributed by atoms with Crippen LogP contribution < -0.4 is 15.4 Å². The molecule has 190 valence electrons. The molecule has 2 N–H and O–H groups in total. The van der Waals surface area contributed by atoms with Gasteiger partial charge in [0.25, 0.3) is 11.8 Å². The smallest absolute Gasteiger partial charge is 0.416 e. The number of anilines is 2. The van der Waals surface area contributed by atoms with Crippen molar-refractivity contribution in [3.8, 4) is 5.75 Å². The first kappa shape index (κ1) is 27.2. The Kier molecular flexibility index (Phi) is 7.75. The molecule has 0 atom stereocenters. The van der Waals surface area contributed by atoms with Crippen molar-refractivity contribution in [3.05, 3.63) is 86.9 Å². The number of halogens is 8. The average Bonchev–Trinajstić information content (AvgIpc) is 2.79. The van der Waals surface area contributed by atoms with E-state index in [-0.39, 0.29) is 50.9 Å². The Morgan fingerprint density at radius 1 is 0.722 bits per heavy atom. The molecule has 36 heavy (non-hydrogen) atoms. The third-order valence-corrected chi connectivity index (χ3v) is 5.30. The summed E-state index contributed by atoms with van der Waals surface area (Å²) in [5.74, 6) is -2.00. The van der Waals surface area contributed by atoms with Crippen LogP contribution in [0.25, 0.3) is 0 Å². The predicted octanol–water partition coefficient (Wildman–Crippen LogP) is 7.54. The number of ether oxygens (including phenoxy) is 1. The Bertz CT molecular complexity index is 1290. The Hall–Kier alpha value is -3.44. The number of alkyl halides is 6. The number of benzene rings is 3. The van der Waals surface area contributed by atoms with Crippen LogP contribution in [0.5, 0.6) is 5.75 Å². The van der Waals surface area contributed by atoms with Crippen molar-refractivity contribution in [2.24, 2.45) is 0 Å². The molecule has 0 aliphatic rings. The van der Waals surface area contributed by atoms with Crippen LogP contribution in [-0.4, -0.2) is 18.9 Å². The molecular weight excluding hydrogens is 537 g/mol. The van der Waals surface area contributed by atoms with Gasteiger partial charge < -0.3 is 15.4 Å². The van der Waals surface area contributed by atoms with Gasteiger partial charge in [0.15, 0.2) is 0 Å². The van der Waals surface area contributed by atoms with E-state index in [1.807, 2.05) is 0 Å². The van der Waals surface area contributed by atoms with Crippen LogP contribution in [-0.2, 0) is 12.4 Å². The van der Waals surface area contributed by atoms with Crippen molar-refractivity contribution in [2.45, 2.75) is 12.4 Å². The highest BCUT2D eigenvalue weighted by Crippen LogP contribution is 2.37. The average molecular weight is 551 g/mol. The van der Waals surface area contributed by atoms with Crippen LogP contribution in [0.15, 0.2) is 54.6 Å². The second-order valence-electron chi connectivity index (χ2n) is 7.24. The number of nitrogens with one attached hydrogen (secondary N) is 2. The van der Waals surface area contributed by atoms with Gasteiger partial charge in [0.1, 0.15) is 5.75 Å². The zero-order chi connectivity index (χ0) is 26.8. The molecule has 0 radical (unpaired) electrons. The third kappa shape index (κ3) is 6.41. The van der Waals surface area contributed by atoms with E-state index < -0.39 is 40.9 Å². The summed E-state index contributed by atoms with van der Waals surface area (Å²) < 4.78 is 83.9. The molecule has 3 aromatic rings. The number of hydrogen-bond acceptors (Lipinski definition) is 3. The fraction of sp³-hybridized carbons (Fsp3) is 0.130. The standard InChI is InChI=1S/C23H14Cl2F6N2O3/c1-36-19-5-2-11(20(34)32-17-10-15(24)3-4-16(17)25)8-18(19)33-21(35)12-6-13(22(26,27)28)9-14(7-12)23(29,30)31/h2-10H,1H3,(H,32,34)(H,33,35). The van der Waals surface area contributed by atoms with Crippen molar-refractivity contribution in [3.63, 3.8) is 0 Å². The molecule has 2 amide bonds. The maximum atomic E-state index is 13.1. The van der Waals surface area contributed by atoms with Crippen LogP contribution in [0.1, 0.15) is 31.8 Å². The van der Waals surface area contributed by atoms with Crippen molar-refractivity contribution in [1.29, 1.82) is 0 Å². The van der Waals surface area contributed by atoms with Gasteiger partial charge in [0, 0.05) is 16.1 Å². The summed E-state index contributed by atoms with van der Waals surface area (Å²) in [7, 11) is 1.21. The summed E-state index contributed by atoms with van der Waals surface area (Å²) in [6, 6.07) is 8.53. The quantitative estimate of drug-likeness (QED) is 0.322. The van der Waals surface area contributed by atoms with E-state index in [1.54, 1.807) is 0 Å². The molecule has 3 rings (SSSR count). The molecule has 0 aliphatic heterocycles. The monoisotopic (exact) mass is 550 g/mol. The second-order valence-corrected chi connectivity index (χ2v) is 8.09. The van der Waals surface area contributed by atoms with Gasteiger partial charge in [-0.2, -0.15) is 26.3 Å². The molecule has 5 nitrogen and oxygen atoms in total. The summed E-state index contributed by atoms with van der Waals surface area (Å²) in [4.78, 5) is 25.3. The minimum absolute atomic E-state index is 0.0105. The Morgan fingerprint density at radius 3 is 1.83 bits per heavy atom. The molecule has 0 unspecified atom stereocenters. The lowest BCUT2D eigenvalue weighted by molar-refractivity contribution is -0.143. The molecule has 0 aromatic heterocycles. The Labute approximate surface area is 210 Å². The number of amides is 2. The van der Waals surface area contributed by atoms with Crippen molar-refractivity contribution >= 4 is 46.4 Å². The first-order valence-corrected chi connectivity index (χ1v) is 10.5. The summed E-state index contributed by atoms with van der Waals surface area (Å²) in [6.45, 7) is 0. The number of methoxy groups -OCH3 is 1. The van der Waals surface area contributed by atoms with Crippen molar-refractivity contribution in [2.75, 3.05) is 17.7 Å². The summed E-state index contributed by atoms with van der Waals surface area (Å²) in [5, 5.41) is 5.16. The first-order chi connectivity index (χ1) is 16.7. The molecule has 0 saturated heterocycles. The molecule has 0 saturated carbocycles. The lowest BCUT2D eigenvalue weighted by atomic mass is 10.0. The highest BCUT2D eigenvalue weighted by atomic mass is 35.5. The van der Waals surface area contributed by atoms with Crippen LogP contribution >= 0.6 is 23.2 Å². The largest absolute Gasteiger partial charge is 0.495 e. The normalized spacial score (nSPS) is 11.7. The van der Waals surface area contributed by atoms with Crippen LogP contribution in [0.3, 0.4) is 0 Å². The first-order valence-electron chi connectivity index (χ1n) is 9.74. The Morgan fingerprint density at radius 2 is 1.28 bits per heavy atom. The molecule has 3 aromatic carbocycles. The lowest BCUT2D eigenvalue weighted by Gasteiger charge is -2.15. The van der Waals surface area contributed by atoms with Crippen LogP contribution in [0.4, 0.5) is 37.7 Å². The van der Waals surface area contributed by atoms with E-state index in [9.17, 15) is 35.9 Å². The highest BCUT2D eigenvalue weighted by molar-refractivity contribution is 6.35. The molecule has 0 aliphatic carbocycles. The van der Waals surface area contributed by atoms with Gasteiger partial charge >= 0.3 is 12.4 Å². The van der Waals surface area contributed by atoms with Gasteiger partial charge in [-0.3, -0.25) is 9.59 Å². The van der Waals surface area contributed by atoms with Gasteiger partial charge in [0.05, 0.1) is 34.6 Å². The van der Waals surface area contributed by atoms with E-state index in [1.165, 1.54) is 37.4 Å². The molecule has 0 fully saturated rings. The number of carbonyl (C=O) groups is 2. The van der Waals surface area contributed by atoms with E-state index in [0.29, 0.717) is 0 Å². The minimum Gasteiger partial charge on any atom is -0.495 e. The summed E-state index contributed by atoms with van der Waals surface area (Å²) >= 11 is 11.9. The number of hydrogen-bond donors (Lipinski definition) is 2.